The maximum atomic E-state index is 11.1. The summed E-state index contributed by atoms with van der Waals surface area (Å²) in [5.74, 6) is -0.894. The summed E-state index contributed by atoms with van der Waals surface area (Å²) in [6.07, 6.45) is 3.56. The van der Waals surface area contributed by atoms with Crippen molar-refractivity contribution in [2.45, 2.75) is 44.3 Å². The van der Waals surface area contributed by atoms with E-state index in [9.17, 15) is 13.2 Å². The van der Waals surface area contributed by atoms with Gasteiger partial charge in [-0.25, -0.2) is 0 Å². The van der Waals surface area contributed by atoms with Crippen molar-refractivity contribution in [1.82, 2.24) is 0 Å². The van der Waals surface area contributed by atoms with Crippen molar-refractivity contribution in [2.75, 3.05) is 7.11 Å². The van der Waals surface area contributed by atoms with Gasteiger partial charge in [-0.15, -0.1) is 0 Å². The smallest absolute Gasteiger partial charge is 0.326 e. The molecule has 0 aromatic heterocycles. The molecular weight excluding hydrogens is 220 g/mol. The van der Waals surface area contributed by atoms with Crippen molar-refractivity contribution in [3.63, 3.8) is 0 Å². The summed E-state index contributed by atoms with van der Waals surface area (Å²) >= 11 is 0. The van der Waals surface area contributed by atoms with Crippen LogP contribution in [0.1, 0.15) is 39.0 Å². The third-order valence-electron chi connectivity index (χ3n) is 2.14. The van der Waals surface area contributed by atoms with Crippen molar-refractivity contribution in [3.05, 3.63) is 0 Å². The fraction of sp³-hybridized carbons (Fsp3) is 0.889. The Morgan fingerprint density at radius 2 is 1.93 bits per heavy atom. The molecule has 0 fully saturated rings. The van der Waals surface area contributed by atoms with Crippen molar-refractivity contribution < 1.29 is 22.5 Å². The van der Waals surface area contributed by atoms with Crippen LogP contribution in [-0.2, 0) is 19.6 Å². The zero-order valence-corrected chi connectivity index (χ0v) is 9.92. The van der Waals surface area contributed by atoms with Crippen LogP contribution < -0.4 is 0 Å². The Morgan fingerprint density at radius 1 is 1.33 bits per heavy atom. The third-order valence-corrected chi connectivity index (χ3v) is 3.29. The average Bonchev–Trinajstić information content (AvgIpc) is 2.15. The van der Waals surface area contributed by atoms with E-state index in [0.29, 0.717) is 6.42 Å². The van der Waals surface area contributed by atoms with E-state index in [1.165, 1.54) is 0 Å². The van der Waals surface area contributed by atoms with Crippen LogP contribution in [0, 0.1) is 0 Å². The molecule has 0 aromatic rings. The highest BCUT2D eigenvalue weighted by Crippen LogP contribution is 2.12. The summed E-state index contributed by atoms with van der Waals surface area (Å²) in [5.41, 5.74) is 0. The molecule has 0 saturated heterocycles. The molecule has 90 valence electrons. The standard InChI is InChI=1S/C9H18O5S/c1-3-4-5-6-7-8(9(10)14-2)15(11,12)13/h8H,3-7H2,1-2H3,(H,11,12,13). The van der Waals surface area contributed by atoms with E-state index < -0.39 is 21.3 Å². The maximum Gasteiger partial charge on any atom is 0.326 e. The van der Waals surface area contributed by atoms with Gasteiger partial charge in [0, 0.05) is 0 Å². The Hall–Kier alpha value is -0.620. The minimum atomic E-state index is -4.34. The summed E-state index contributed by atoms with van der Waals surface area (Å²) in [6.45, 7) is 2.03. The predicted molar refractivity (Wildman–Crippen MR) is 56.1 cm³/mol. The number of hydrogen-bond donors (Lipinski definition) is 1. The van der Waals surface area contributed by atoms with E-state index in [1.807, 2.05) is 6.92 Å². The summed E-state index contributed by atoms with van der Waals surface area (Å²) in [5, 5.41) is -1.43. The van der Waals surface area contributed by atoms with Crippen LogP contribution >= 0.6 is 0 Å². The van der Waals surface area contributed by atoms with E-state index in [-0.39, 0.29) is 6.42 Å². The number of methoxy groups -OCH3 is 1. The molecule has 0 aliphatic carbocycles. The lowest BCUT2D eigenvalue weighted by atomic mass is 10.1. The van der Waals surface area contributed by atoms with Gasteiger partial charge in [0.15, 0.2) is 5.25 Å². The van der Waals surface area contributed by atoms with Gasteiger partial charge >= 0.3 is 5.97 Å². The number of ether oxygens (including phenoxy) is 1. The first-order valence-corrected chi connectivity index (χ1v) is 6.48. The molecule has 1 N–H and O–H groups in total. The van der Waals surface area contributed by atoms with Crippen LogP contribution in [0.3, 0.4) is 0 Å². The second-order valence-corrected chi connectivity index (χ2v) is 4.98. The normalized spacial score (nSPS) is 13.5. The Balaban J connectivity index is 4.22. The number of unbranched alkanes of at least 4 members (excludes halogenated alkanes) is 3. The average molecular weight is 238 g/mol. The molecule has 0 amide bonds. The van der Waals surface area contributed by atoms with Crippen LogP contribution in [-0.4, -0.2) is 31.3 Å². The highest BCUT2D eigenvalue weighted by Gasteiger charge is 2.31. The predicted octanol–water partition coefficient (Wildman–Crippen LogP) is 1.39. The molecule has 0 spiro atoms. The summed E-state index contributed by atoms with van der Waals surface area (Å²) in [7, 11) is -3.23. The Morgan fingerprint density at radius 3 is 2.33 bits per heavy atom. The minimum absolute atomic E-state index is 0.117. The highest BCUT2D eigenvalue weighted by molar-refractivity contribution is 7.87. The number of rotatable bonds is 7. The number of carbonyl (C=O) groups is 1. The van der Waals surface area contributed by atoms with Gasteiger partial charge in [-0.1, -0.05) is 32.6 Å². The molecule has 6 heteroatoms. The van der Waals surface area contributed by atoms with Crippen molar-refractivity contribution in [1.29, 1.82) is 0 Å². The van der Waals surface area contributed by atoms with Gasteiger partial charge in [-0.3, -0.25) is 9.35 Å². The first-order valence-electron chi connectivity index (χ1n) is 4.97. The molecule has 0 aliphatic heterocycles. The quantitative estimate of drug-likeness (QED) is 0.412. The molecule has 0 bridgehead atoms. The van der Waals surface area contributed by atoms with Crippen LogP contribution in [0.15, 0.2) is 0 Å². The van der Waals surface area contributed by atoms with Gasteiger partial charge in [0.25, 0.3) is 10.1 Å². The van der Waals surface area contributed by atoms with E-state index in [0.717, 1.165) is 26.4 Å². The molecule has 0 heterocycles. The monoisotopic (exact) mass is 238 g/mol. The Labute approximate surface area is 90.6 Å². The van der Waals surface area contributed by atoms with Crippen molar-refractivity contribution in [2.24, 2.45) is 0 Å². The Kier molecular flexibility index (Phi) is 6.51. The molecule has 0 rings (SSSR count). The summed E-state index contributed by atoms with van der Waals surface area (Å²) in [6, 6.07) is 0. The lowest BCUT2D eigenvalue weighted by Crippen LogP contribution is -2.30. The third kappa shape index (κ3) is 5.74. The molecule has 1 unspecified atom stereocenters. The largest absolute Gasteiger partial charge is 0.468 e. The first kappa shape index (κ1) is 14.4. The van der Waals surface area contributed by atoms with Gasteiger partial charge in [-0.05, 0) is 6.42 Å². The lowest BCUT2D eigenvalue weighted by Gasteiger charge is -2.10. The zero-order chi connectivity index (χ0) is 11.9. The molecule has 0 saturated carbocycles. The zero-order valence-electron chi connectivity index (χ0n) is 9.10. The second-order valence-electron chi connectivity index (χ2n) is 3.38. The molecular formula is C9H18O5S. The van der Waals surface area contributed by atoms with Crippen molar-refractivity contribution >= 4 is 16.1 Å². The molecule has 5 nitrogen and oxygen atoms in total. The van der Waals surface area contributed by atoms with Gasteiger partial charge < -0.3 is 4.74 Å². The van der Waals surface area contributed by atoms with Crippen molar-refractivity contribution in [3.8, 4) is 0 Å². The van der Waals surface area contributed by atoms with E-state index in [2.05, 4.69) is 4.74 Å². The highest BCUT2D eigenvalue weighted by atomic mass is 32.2. The number of hydrogen-bond acceptors (Lipinski definition) is 4. The maximum absolute atomic E-state index is 11.1. The van der Waals surface area contributed by atoms with Crippen LogP contribution in [0.25, 0.3) is 0 Å². The van der Waals surface area contributed by atoms with E-state index >= 15 is 0 Å². The molecule has 0 radical (unpaired) electrons. The number of carbonyl (C=O) groups excluding carboxylic acids is 1. The van der Waals surface area contributed by atoms with Crippen LogP contribution in [0.4, 0.5) is 0 Å². The van der Waals surface area contributed by atoms with E-state index in [4.69, 9.17) is 4.55 Å². The minimum Gasteiger partial charge on any atom is -0.468 e. The second kappa shape index (κ2) is 6.79. The van der Waals surface area contributed by atoms with Gasteiger partial charge in [-0.2, -0.15) is 8.42 Å². The van der Waals surface area contributed by atoms with Gasteiger partial charge in [0.1, 0.15) is 0 Å². The molecule has 0 aromatic carbocycles. The molecule has 0 aliphatic rings. The van der Waals surface area contributed by atoms with Crippen LogP contribution in [0.5, 0.6) is 0 Å². The fourth-order valence-electron chi connectivity index (χ4n) is 1.28. The lowest BCUT2D eigenvalue weighted by molar-refractivity contribution is -0.140. The fourth-order valence-corrected chi connectivity index (χ4v) is 2.08. The van der Waals surface area contributed by atoms with Crippen LogP contribution in [0.2, 0.25) is 0 Å². The van der Waals surface area contributed by atoms with Gasteiger partial charge in [0.2, 0.25) is 0 Å². The first-order chi connectivity index (χ1) is 6.93. The molecule has 1 atom stereocenters. The summed E-state index contributed by atoms with van der Waals surface area (Å²) < 4.78 is 34.8. The SMILES string of the molecule is CCCCCCC(C(=O)OC)S(=O)(=O)O. The molecule has 15 heavy (non-hydrogen) atoms. The summed E-state index contributed by atoms with van der Waals surface area (Å²) in [4.78, 5) is 11.1. The topological polar surface area (TPSA) is 80.7 Å². The van der Waals surface area contributed by atoms with E-state index in [1.54, 1.807) is 0 Å². The Bertz CT molecular complexity index is 283. The number of esters is 1. The van der Waals surface area contributed by atoms with Gasteiger partial charge in [0.05, 0.1) is 7.11 Å².